The first kappa shape index (κ1) is 18.1. The number of carbonyl (C=O) groups is 1. The second kappa shape index (κ2) is 7.58. The molecule has 9 nitrogen and oxygen atoms in total. The van der Waals surface area contributed by atoms with Crippen LogP contribution in [0.15, 0.2) is 24.3 Å². The van der Waals surface area contributed by atoms with E-state index >= 15 is 0 Å². The van der Waals surface area contributed by atoms with Crippen LogP contribution in [0.1, 0.15) is 12.5 Å². The molecule has 0 unspecified atom stereocenters. The number of nitro benzene ring substituents is 1. The first-order valence-corrected chi connectivity index (χ1v) is 9.23. The van der Waals surface area contributed by atoms with Gasteiger partial charge in [-0.2, -0.15) is 0 Å². The molecule has 1 amide bonds. The summed E-state index contributed by atoms with van der Waals surface area (Å²) in [4.78, 5) is 21.6. The number of non-ortho nitro benzene ring substituents is 1. The summed E-state index contributed by atoms with van der Waals surface area (Å²) < 4.78 is 28.4. The van der Waals surface area contributed by atoms with Gasteiger partial charge in [-0.25, -0.2) is 13.2 Å². The zero-order valence-electron chi connectivity index (χ0n) is 13.1. The Bertz CT molecular complexity index is 704. The van der Waals surface area contributed by atoms with Crippen LogP contribution in [0.25, 0.3) is 0 Å². The number of nitrogens with one attached hydrogen (secondary N) is 2. The molecule has 1 heterocycles. The number of benzene rings is 1. The second-order valence-electron chi connectivity index (χ2n) is 5.46. The number of ether oxygens (including phenoxy) is 1. The fourth-order valence-corrected chi connectivity index (χ4v) is 4.40. The molecule has 132 valence electrons. The average molecular weight is 357 g/mol. The summed E-state index contributed by atoms with van der Waals surface area (Å²) in [5, 5.41) is 16.3. The first-order chi connectivity index (χ1) is 11.3. The van der Waals surface area contributed by atoms with Gasteiger partial charge in [-0.3, -0.25) is 10.1 Å². The molecule has 1 saturated heterocycles. The van der Waals surface area contributed by atoms with Crippen molar-refractivity contribution in [2.45, 2.75) is 25.6 Å². The summed E-state index contributed by atoms with van der Waals surface area (Å²) >= 11 is 0. The topological polar surface area (TPSA) is 128 Å². The van der Waals surface area contributed by atoms with Gasteiger partial charge >= 0.3 is 6.09 Å². The smallest absolute Gasteiger partial charge is 0.407 e. The Kier molecular flexibility index (Phi) is 5.73. The predicted molar refractivity (Wildman–Crippen MR) is 86.3 cm³/mol. The van der Waals surface area contributed by atoms with Crippen molar-refractivity contribution in [3.05, 3.63) is 39.9 Å². The van der Waals surface area contributed by atoms with E-state index in [2.05, 4.69) is 10.6 Å². The third kappa shape index (κ3) is 4.90. The Morgan fingerprint density at radius 1 is 1.29 bits per heavy atom. The van der Waals surface area contributed by atoms with Crippen LogP contribution in [0.4, 0.5) is 10.5 Å². The molecular formula is C14H19N3O6S. The molecule has 1 aliphatic rings. The van der Waals surface area contributed by atoms with Crippen molar-refractivity contribution in [3.63, 3.8) is 0 Å². The maximum Gasteiger partial charge on any atom is 0.407 e. The van der Waals surface area contributed by atoms with E-state index in [0.717, 1.165) is 5.56 Å². The number of rotatable bonds is 6. The lowest BCUT2D eigenvalue weighted by Crippen LogP contribution is -2.49. The molecule has 0 radical (unpaired) electrons. The fourth-order valence-electron chi connectivity index (χ4n) is 2.50. The normalized spacial score (nSPS) is 22.0. The summed E-state index contributed by atoms with van der Waals surface area (Å²) in [7, 11) is -3.25. The van der Waals surface area contributed by atoms with E-state index in [1.54, 1.807) is 19.1 Å². The van der Waals surface area contributed by atoms with E-state index in [4.69, 9.17) is 4.74 Å². The highest BCUT2D eigenvalue weighted by Gasteiger charge is 2.38. The molecule has 1 aromatic rings. The van der Waals surface area contributed by atoms with Crippen molar-refractivity contribution >= 4 is 21.6 Å². The Morgan fingerprint density at radius 2 is 1.92 bits per heavy atom. The largest absolute Gasteiger partial charge is 0.450 e. The van der Waals surface area contributed by atoms with Gasteiger partial charge in [-0.15, -0.1) is 0 Å². The van der Waals surface area contributed by atoms with Gasteiger partial charge in [0.15, 0.2) is 9.84 Å². The van der Waals surface area contributed by atoms with Crippen molar-refractivity contribution in [2.24, 2.45) is 0 Å². The van der Waals surface area contributed by atoms with Crippen LogP contribution in [0.5, 0.6) is 0 Å². The lowest BCUT2D eigenvalue weighted by molar-refractivity contribution is -0.384. The molecule has 24 heavy (non-hydrogen) atoms. The molecule has 1 aliphatic heterocycles. The van der Waals surface area contributed by atoms with Gasteiger partial charge in [0.25, 0.3) is 5.69 Å². The Hall–Kier alpha value is -2.20. The van der Waals surface area contributed by atoms with Gasteiger partial charge in [0.1, 0.15) is 0 Å². The first-order valence-electron chi connectivity index (χ1n) is 7.41. The number of carbonyl (C=O) groups excluding carboxylic acids is 1. The highest BCUT2D eigenvalue weighted by Crippen LogP contribution is 2.15. The Labute approximate surface area is 139 Å². The summed E-state index contributed by atoms with van der Waals surface area (Å²) in [6.45, 7) is 2.20. The SMILES string of the molecule is CCOC(=O)N[C@@H]1CS(=O)(=O)C[C@@H]1NCc1ccc([N+](=O)[O-])cc1. The molecule has 0 bridgehead atoms. The third-order valence-electron chi connectivity index (χ3n) is 3.65. The third-order valence-corrected chi connectivity index (χ3v) is 5.38. The van der Waals surface area contributed by atoms with Gasteiger partial charge in [-0.1, -0.05) is 12.1 Å². The zero-order chi connectivity index (χ0) is 17.7. The Morgan fingerprint density at radius 3 is 2.50 bits per heavy atom. The molecule has 1 aromatic carbocycles. The minimum atomic E-state index is -3.25. The van der Waals surface area contributed by atoms with Crippen LogP contribution in [-0.2, 0) is 21.1 Å². The molecule has 0 saturated carbocycles. The average Bonchev–Trinajstić information content (AvgIpc) is 2.79. The molecule has 0 aromatic heterocycles. The summed E-state index contributed by atoms with van der Waals surface area (Å²) in [5.41, 5.74) is 0.767. The predicted octanol–water partition coefficient (Wildman–Crippen LogP) is 0.596. The molecule has 0 aliphatic carbocycles. The number of hydrogen-bond acceptors (Lipinski definition) is 7. The minimum absolute atomic E-state index is 0.0101. The van der Waals surface area contributed by atoms with Gasteiger partial charge in [0.2, 0.25) is 0 Å². The maximum absolute atomic E-state index is 11.8. The van der Waals surface area contributed by atoms with Gasteiger partial charge in [0, 0.05) is 24.7 Å². The van der Waals surface area contributed by atoms with Crippen molar-refractivity contribution < 1.29 is 22.9 Å². The molecule has 0 spiro atoms. The highest BCUT2D eigenvalue weighted by atomic mass is 32.2. The van der Waals surface area contributed by atoms with Crippen LogP contribution in [-0.4, -0.2) is 49.6 Å². The van der Waals surface area contributed by atoms with Crippen molar-refractivity contribution in [1.82, 2.24) is 10.6 Å². The van der Waals surface area contributed by atoms with Crippen LogP contribution in [0.2, 0.25) is 0 Å². The van der Waals surface area contributed by atoms with Crippen molar-refractivity contribution in [2.75, 3.05) is 18.1 Å². The van der Waals surface area contributed by atoms with E-state index in [1.807, 2.05) is 0 Å². The zero-order valence-corrected chi connectivity index (χ0v) is 13.9. The number of hydrogen-bond donors (Lipinski definition) is 2. The molecule has 10 heteroatoms. The minimum Gasteiger partial charge on any atom is -0.450 e. The lowest BCUT2D eigenvalue weighted by Gasteiger charge is -2.20. The monoisotopic (exact) mass is 357 g/mol. The molecular weight excluding hydrogens is 338 g/mol. The van der Waals surface area contributed by atoms with Crippen LogP contribution in [0, 0.1) is 10.1 Å². The number of sulfone groups is 1. The molecule has 2 N–H and O–H groups in total. The van der Waals surface area contributed by atoms with Crippen molar-refractivity contribution in [1.29, 1.82) is 0 Å². The lowest BCUT2D eigenvalue weighted by atomic mass is 10.1. The fraction of sp³-hybridized carbons (Fsp3) is 0.500. The maximum atomic E-state index is 11.8. The number of alkyl carbamates (subject to hydrolysis) is 1. The number of nitrogens with zero attached hydrogens (tertiary/aromatic N) is 1. The molecule has 2 atom stereocenters. The van der Waals surface area contributed by atoms with Gasteiger partial charge < -0.3 is 15.4 Å². The van der Waals surface area contributed by atoms with Gasteiger partial charge in [0.05, 0.1) is 29.1 Å². The van der Waals surface area contributed by atoms with E-state index < -0.39 is 32.9 Å². The van der Waals surface area contributed by atoms with Crippen LogP contribution >= 0.6 is 0 Å². The highest BCUT2D eigenvalue weighted by molar-refractivity contribution is 7.91. The van der Waals surface area contributed by atoms with Gasteiger partial charge in [-0.05, 0) is 12.5 Å². The summed E-state index contributed by atoms with van der Waals surface area (Å²) in [5.74, 6) is -0.235. The Balaban J connectivity index is 1.97. The molecule has 1 fully saturated rings. The van der Waals surface area contributed by atoms with Crippen LogP contribution in [0.3, 0.4) is 0 Å². The molecule has 2 rings (SSSR count). The standard InChI is InChI=1S/C14H19N3O6S/c1-2-23-14(18)16-13-9-24(21,22)8-12(13)15-7-10-3-5-11(6-4-10)17(19)20/h3-6,12-13,15H,2,7-9H2,1H3,(H,16,18)/t12-,13+/m0/s1. The summed E-state index contributed by atoms with van der Waals surface area (Å²) in [6, 6.07) is 4.94. The number of nitro groups is 1. The van der Waals surface area contributed by atoms with Crippen molar-refractivity contribution in [3.8, 4) is 0 Å². The van der Waals surface area contributed by atoms with E-state index in [1.165, 1.54) is 12.1 Å². The van der Waals surface area contributed by atoms with E-state index in [9.17, 15) is 23.3 Å². The quantitative estimate of drug-likeness (QED) is 0.563. The number of amides is 1. The second-order valence-corrected chi connectivity index (χ2v) is 7.61. The summed E-state index contributed by atoms with van der Waals surface area (Å²) in [6.07, 6.45) is -0.651. The van der Waals surface area contributed by atoms with E-state index in [0.29, 0.717) is 6.54 Å². The van der Waals surface area contributed by atoms with Crippen LogP contribution < -0.4 is 10.6 Å². The van der Waals surface area contributed by atoms with E-state index in [-0.39, 0.29) is 23.8 Å².